The molecule has 1 fully saturated rings. The summed E-state index contributed by atoms with van der Waals surface area (Å²) in [5.41, 5.74) is 0.741. The molecule has 1 aliphatic rings. The summed E-state index contributed by atoms with van der Waals surface area (Å²) in [4.78, 5) is 24.3. The molecule has 5 heteroatoms. The Balaban J connectivity index is 1.97. The molecule has 0 aromatic heterocycles. The third-order valence-electron chi connectivity index (χ3n) is 3.18. The molecule has 2 N–H and O–H groups in total. The van der Waals surface area contributed by atoms with Crippen molar-refractivity contribution in [2.45, 2.75) is 25.4 Å². The highest BCUT2D eigenvalue weighted by molar-refractivity contribution is 6.00. The normalized spacial score (nSPS) is 20.3. The highest BCUT2D eigenvalue weighted by Gasteiger charge is 2.31. The Bertz CT molecular complexity index is 473. The Kier molecular flexibility index (Phi) is 3.62. The molecule has 0 radical (unpaired) electrons. The van der Waals surface area contributed by atoms with Gasteiger partial charge in [-0.3, -0.25) is 14.5 Å². The SMILES string of the molecule is CN1C(=O)CCC(NCc2ccccc2O)C1=O. The fourth-order valence-electron chi connectivity index (χ4n) is 2.00. The molecule has 0 spiro atoms. The van der Waals surface area contributed by atoms with Crippen LogP contribution >= 0.6 is 0 Å². The second-order valence-electron chi connectivity index (χ2n) is 4.39. The Hall–Kier alpha value is -1.88. The summed E-state index contributed by atoms with van der Waals surface area (Å²) < 4.78 is 0. The molecule has 1 aromatic carbocycles. The van der Waals surface area contributed by atoms with Crippen LogP contribution in [0.1, 0.15) is 18.4 Å². The van der Waals surface area contributed by atoms with Gasteiger partial charge in [0.1, 0.15) is 5.75 Å². The molecule has 96 valence electrons. The number of benzene rings is 1. The van der Waals surface area contributed by atoms with Crippen molar-refractivity contribution in [3.63, 3.8) is 0 Å². The minimum atomic E-state index is -0.354. The first-order valence-corrected chi connectivity index (χ1v) is 5.90. The summed E-state index contributed by atoms with van der Waals surface area (Å²) >= 11 is 0. The summed E-state index contributed by atoms with van der Waals surface area (Å²) in [6, 6.07) is 6.62. The lowest BCUT2D eigenvalue weighted by molar-refractivity contribution is -0.148. The molecular formula is C13H16N2O3. The third-order valence-corrected chi connectivity index (χ3v) is 3.18. The number of carbonyl (C=O) groups is 2. The van der Waals surface area contributed by atoms with Crippen LogP contribution in [0.2, 0.25) is 0 Å². The highest BCUT2D eigenvalue weighted by atomic mass is 16.3. The van der Waals surface area contributed by atoms with Gasteiger partial charge in [-0.15, -0.1) is 0 Å². The number of piperidine rings is 1. The van der Waals surface area contributed by atoms with Gasteiger partial charge >= 0.3 is 0 Å². The predicted octanol–water partition coefficient (Wildman–Crippen LogP) is 0.629. The molecule has 18 heavy (non-hydrogen) atoms. The molecule has 0 saturated carbocycles. The lowest BCUT2D eigenvalue weighted by atomic mass is 10.0. The molecule has 1 aromatic rings. The maximum Gasteiger partial charge on any atom is 0.246 e. The standard InChI is InChI=1S/C13H16N2O3/c1-15-12(17)7-6-10(13(15)18)14-8-9-4-2-3-5-11(9)16/h2-5,10,14,16H,6-8H2,1H3. The Morgan fingerprint density at radius 1 is 1.39 bits per heavy atom. The van der Waals surface area contributed by atoms with Gasteiger partial charge in [0.25, 0.3) is 0 Å². The van der Waals surface area contributed by atoms with Crippen molar-refractivity contribution >= 4 is 11.8 Å². The smallest absolute Gasteiger partial charge is 0.246 e. The fraction of sp³-hybridized carbons (Fsp3) is 0.385. The summed E-state index contributed by atoms with van der Waals surface area (Å²) in [5, 5.41) is 12.7. The Morgan fingerprint density at radius 3 is 2.83 bits per heavy atom. The average molecular weight is 248 g/mol. The molecule has 5 nitrogen and oxygen atoms in total. The number of hydrogen-bond acceptors (Lipinski definition) is 4. The van der Waals surface area contributed by atoms with Crippen molar-refractivity contribution in [1.29, 1.82) is 0 Å². The number of nitrogens with zero attached hydrogens (tertiary/aromatic N) is 1. The minimum Gasteiger partial charge on any atom is -0.508 e. The first kappa shape index (κ1) is 12.6. The van der Waals surface area contributed by atoms with Gasteiger partial charge in [0.15, 0.2) is 0 Å². The van der Waals surface area contributed by atoms with Crippen LogP contribution < -0.4 is 5.32 Å². The van der Waals surface area contributed by atoms with E-state index in [4.69, 9.17) is 0 Å². The van der Waals surface area contributed by atoms with Crippen LogP contribution in [0, 0.1) is 0 Å². The molecular weight excluding hydrogens is 232 g/mol. The van der Waals surface area contributed by atoms with Gasteiger partial charge < -0.3 is 10.4 Å². The Morgan fingerprint density at radius 2 is 2.11 bits per heavy atom. The van der Waals surface area contributed by atoms with Crippen LogP contribution in [0.15, 0.2) is 24.3 Å². The summed E-state index contributed by atoms with van der Waals surface area (Å²) in [7, 11) is 1.50. The van der Waals surface area contributed by atoms with E-state index in [0.29, 0.717) is 19.4 Å². The summed E-state index contributed by atoms with van der Waals surface area (Å²) in [5.74, 6) is -0.139. The van der Waals surface area contributed by atoms with Crippen LogP contribution in [0.4, 0.5) is 0 Å². The van der Waals surface area contributed by atoms with Gasteiger partial charge in [-0.25, -0.2) is 0 Å². The number of carbonyl (C=O) groups excluding carboxylic acids is 2. The molecule has 0 bridgehead atoms. The molecule has 1 aliphatic heterocycles. The largest absolute Gasteiger partial charge is 0.508 e. The van der Waals surface area contributed by atoms with E-state index in [1.54, 1.807) is 18.2 Å². The molecule has 1 atom stereocenters. The monoisotopic (exact) mass is 248 g/mol. The second kappa shape index (κ2) is 5.18. The third kappa shape index (κ3) is 2.51. The average Bonchev–Trinajstić information content (AvgIpc) is 2.37. The first-order chi connectivity index (χ1) is 8.59. The zero-order chi connectivity index (χ0) is 13.1. The van der Waals surface area contributed by atoms with E-state index in [9.17, 15) is 14.7 Å². The van der Waals surface area contributed by atoms with Crippen molar-refractivity contribution in [2.75, 3.05) is 7.05 Å². The van der Waals surface area contributed by atoms with Gasteiger partial charge in [0.2, 0.25) is 11.8 Å². The number of imide groups is 1. The zero-order valence-corrected chi connectivity index (χ0v) is 10.2. The van der Waals surface area contributed by atoms with Gasteiger partial charge in [-0.2, -0.15) is 0 Å². The van der Waals surface area contributed by atoms with E-state index < -0.39 is 0 Å². The molecule has 1 saturated heterocycles. The molecule has 2 amide bonds. The van der Waals surface area contributed by atoms with Crippen LogP contribution in [-0.2, 0) is 16.1 Å². The van der Waals surface area contributed by atoms with Crippen LogP contribution in [0.25, 0.3) is 0 Å². The van der Waals surface area contributed by atoms with E-state index in [0.717, 1.165) is 10.5 Å². The van der Waals surface area contributed by atoms with Crippen molar-refractivity contribution in [1.82, 2.24) is 10.2 Å². The van der Waals surface area contributed by atoms with E-state index in [1.807, 2.05) is 6.07 Å². The van der Waals surface area contributed by atoms with Crippen molar-refractivity contribution in [3.8, 4) is 5.75 Å². The fourth-order valence-corrected chi connectivity index (χ4v) is 2.00. The minimum absolute atomic E-state index is 0.138. The first-order valence-electron chi connectivity index (χ1n) is 5.90. The summed E-state index contributed by atoms with van der Waals surface area (Å²) in [6.07, 6.45) is 0.885. The van der Waals surface area contributed by atoms with E-state index in [-0.39, 0.29) is 23.6 Å². The van der Waals surface area contributed by atoms with Gasteiger partial charge in [-0.1, -0.05) is 18.2 Å². The van der Waals surface area contributed by atoms with Gasteiger partial charge in [0.05, 0.1) is 6.04 Å². The van der Waals surface area contributed by atoms with E-state index >= 15 is 0 Å². The Labute approximate surface area is 105 Å². The lowest BCUT2D eigenvalue weighted by Gasteiger charge is -2.28. The quantitative estimate of drug-likeness (QED) is 0.770. The van der Waals surface area contributed by atoms with E-state index in [2.05, 4.69) is 5.32 Å². The van der Waals surface area contributed by atoms with E-state index in [1.165, 1.54) is 7.05 Å². The molecule has 1 heterocycles. The van der Waals surface area contributed by atoms with Crippen LogP contribution in [0.3, 0.4) is 0 Å². The highest BCUT2D eigenvalue weighted by Crippen LogP contribution is 2.17. The number of likely N-dealkylation sites (N-methyl/N-ethyl adjacent to an activating group) is 1. The van der Waals surface area contributed by atoms with Crippen molar-refractivity contribution in [3.05, 3.63) is 29.8 Å². The van der Waals surface area contributed by atoms with Crippen molar-refractivity contribution < 1.29 is 14.7 Å². The molecule has 1 unspecified atom stereocenters. The number of rotatable bonds is 3. The number of aromatic hydroxyl groups is 1. The van der Waals surface area contributed by atoms with Gasteiger partial charge in [0, 0.05) is 25.6 Å². The number of phenols is 1. The number of hydrogen-bond donors (Lipinski definition) is 2. The maximum absolute atomic E-state index is 11.8. The number of phenolic OH excluding ortho intramolecular Hbond substituents is 1. The van der Waals surface area contributed by atoms with Crippen LogP contribution in [-0.4, -0.2) is 34.9 Å². The summed E-state index contributed by atoms with van der Waals surface area (Å²) in [6.45, 7) is 0.408. The number of nitrogens with one attached hydrogen (secondary N) is 1. The topological polar surface area (TPSA) is 69.6 Å². The second-order valence-corrected chi connectivity index (χ2v) is 4.39. The molecule has 0 aliphatic carbocycles. The predicted molar refractivity (Wildman–Crippen MR) is 65.7 cm³/mol. The number of para-hydroxylation sites is 1. The van der Waals surface area contributed by atoms with Crippen molar-refractivity contribution in [2.24, 2.45) is 0 Å². The van der Waals surface area contributed by atoms with Crippen LogP contribution in [0.5, 0.6) is 5.75 Å². The number of likely N-dealkylation sites (tertiary alicyclic amines) is 1. The number of amides is 2. The zero-order valence-electron chi connectivity index (χ0n) is 10.2. The lowest BCUT2D eigenvalue weighted by Crippen LogP contribution is -2.51. The molecule has 2 rings (SSSR count). The van der Waals surface area contributed by atoms with Gasteiger partial charge in [-0.05, 0) is 12.5 Å². The maximum atomic E-state index is 11.8.